The summed E-state index contributed by atoms with van der Waals surface area (Å²) in [5.41, 5.74) is -1.49. The second-order valence-electron chi connectivity index (χ2n) is 4.64. The summed E-state index contributed by atoms with van der Waals surface area (Å²) in [6.45, 7) is -1.96. The summed E-state index contributed by atoms with van der Waals surface area (Å²) in [5.74, 6) is -0.840. The Kier molecular flexibility index (Phi) is 7.03. The zero-order valence-electron chi connectivity index (χ0n) is 10.8. The quantitative estimate of drug-likeness (QED) is 0.574. The van der Waals surface area contributed by atoms with Gasteiger partial charge in [0.25, 0.3) is 10.1 Å². The first-order chi connectivity index (χ1) is 9.12. The van der Waals surface area contributed by atoms with Crippen molar-refractivity contribution in [3.63, 3.8) is 0 Å². The van der Waals surface area contributed by atoms with E-state index in [1.165, 1.54) is 6.92 Å². The van der Waals surface area contributed by atoms with Gasteiger partial charge in [-0.05, 0) is 6.42 Å². The molecule has 0 amide bonds. The molecule has 1 atom stereocenters. The molecular formula is C8H15F3O8S2. The van der Waals surface area contributed by atoms with E-state index in [1.807, 2.05) is 0 Å². The van der Waals surface area contributed by atoms with Crippen LogP contribution in [0.4, 0.5) is 13.2 Å². The van der Waals surface area contributed by atoms with Crippen LogP contribution in [0.5, 0.6) is 0 Å². The maximum Gasteiger partial charge on any atom is 0.411 e. The summed E-state index contributed by atoms with van der Waals surface area (Å²) in [4.78, 5) is 0. The number of ether oxygens (including phenoxy) is 1. The summed E-state index contributed by atoms with van der Waals surface area (Å²) in [5, 5.41) is 0. The monoisotopic (exact) mass is 360 g/mol. The molecule has 0 bridgehead atoms. The van der Waals surface area contributed by atoms with E-state index in [0.29, 0.717) is 0 Å². The second-order valence-corrected chi connectivity index (χ2v) is 7.31. The highest BCUT2D eigenvalue weighted by molar-refractivity contribution is 7.85. The predicted octanol–water partition coefficient (Wildman–Crippen LogP) is 0.669. The Hall–Kier alpha value is -0.470. The fourth-order valence-corrected chi connectivity index (χ4v) is 2.38. The van der Waals surface area contributed by atoms with Gasteiger partial charge >= 0.3 is 16.6 Å². The standard InChI is InChI=1S/C8H15F3O8S2/c1-7(2-3-20(12,13)14,5-19-21(15,16)17)4-18-6-8(9,10)11/h2-6H2,1H3,(H,12,13,14)(H,15,16,17). The molecule has 128 valence electrons. The highest BCUT2D eigenvalue weighted by Crippen LogP contribution is 2.25. The number of halogens is 3. The molecule has 0 aliphatic rings. The van der Waals surface area contributed by atoms with Gasteiger partial charge < -0.3 is 4.74 Å². The van der Waals surface area contributed by atoms with Gasteiger partial charge in [-0.1, -0.05) is 6.92 Å². The van der Waals surface area contributed by atoms with Crippen LogP contribution >= 0.6 is 0 Å². The molecule has 2 N–H and O–H groups in total. The molecule has 21 heavy (non-hydrogen) atoms. The van der Waals surface area contributed by atoms with E-state index in [9.17, 15) is 30.0 Å². The van der Waals surface area contributed by atoms with E-state index in [-0.39, 0.29) is 0 Å². The minimum Gasteiger partial charge on any atom is -0.371 e. The van der Waals surface area contributed by atoms with Crippen molar-refractivity contribution in [1.82, 2.24) is 0 Å². The molecule has 0 aliphatic heterocycles. The number of hydrogen-bond donors (Lipinski definition) is 2. The lowest BCUT2D eigenvalue weighted by molar-refractivity contribution is -0.181. The predicted molar refractivity (Wildman–Crippen MR) is 63.5 cm³/mol. The molecule has 0 spiro atoms. The van der Waals surface area contributed by atoms with Gasteiger partial charge in [-0.15, -0.1) is 0 Å². The van der Waals surface area contributed by atoms with Crippen LogP contribution in [0.15, 0.2) is 0 Å². The van der Waals surface area contributed by atoms with Crippen molar-refractivity contribution in [3.05, 3.63) is 0 Å². The Labute approximate surface area is 119 Å². The molecule has 0 heterocycles. The van der Waals surface area contributed by atoms with Gasteiger partial charge in [0.05, 0.1) is 19.0 Å². The van der Waals surface area contributed by atoms with Crippen molar-refractivity contribution in [3.8, 4) is 0 Å². The summed E-state index contributed by atoms with van der Waals surface area (Å²) < 4.78 is 103. The van der Waals surface area contributed by atoms with Crippen molar-refractivity contribution in [1.29, 1.82) is 0 Å². The minimum atomic E-state index is -4.85. The van der Waals surface area contributed by atoms with Gasteiger partial charge in [-0.3, -0.25) is 9.11 Å². The second kappa shape index (κ2) is 7.19. The molecule has 0 radical (unpaired) electrons. The Morgan fingerprint density at radius 3 is 1.90 bits per heavy atom. The van der Waals surface area contributed by atoms with E-state index < -0.39 is 64.1 Å². The minimum absolute atomic E-state index is 0.445. The van der Waals surface area contributed by atoms with Crippen LogP contribution in [0.25, 0.3) is 0 Å². The Morgan fingerprint density at radius 2 is 1.52 bits per heavy atom. The molecule has 0 saturated carbocycles. The van der Waals surface area contributed by atoms with E-state index in [0.717, 1.165) is 0 Å². The molecule has 0 rings (SSSR count). The Morgan fingerprint density at radius 1 is 1.00 bits per heavy atom. The maximum absolute atomic E-state index is 12.0. The smallest absolute Gasteiger partial charge is 0.371 e. The Balaban J connectivity index is 4.73. The van der Waals surface area contributed by atoms with Crippen LogP contribution in [0.1, 0.15) is 13.3 Å². The van der Waals surface area contributed by atoms with Crippen molar-refractivity contribution >= 4 is 20.5 Å². The molecule has 0 aromatic carbocycles. The van der Waals surface area contributed by atoms with Gasteiger partial charge in [0, 0.05) is 5.41 Å². The fraction of sp³-hybridized carbons (Fsp3) is 1.00. The summed E-state index contributed by atoms with van der Waals surface area (Å²) >= 11 is 0. The first kappa shape index (κ1) is 20.5. The third kappa shape index (κ3) is 12.9. The van der Waals surface area contributed by atoms with Crippen LogP contribution in [0.2, 0.25) is 0 Å². The third-order valence-electron chi connectivity index (χ3n) is 2.24. The molecule has 0 aromatic rings. The van der Waals surface area contributed by atoms with Crippen molar-refractivity contribution in [2.45, 2.75) is 19.5 Å². The fourth-order valence-electron chi connectivity index (χ4n) is 1.19. The highest BCUT2D eigenvalue weighted by atomic mass is 32.3. The molecule has 1 unspecified atom stereocenters. The normalized spacial score (nSPS) is 16.7. The number of alkyl halides is 3. The lowest BCUT2D eigenvalue weighted by Crippen LogP contribution is -2.34. The first-order valence-electron chi connectivity index (χ1n) is 5.33. The van der Waals surface area contributed by atoms with Crippen molar-refractivity contribution < 1.29 is 48.0 Å². The van der Waals surface area contributed by atoms with Crippen LogP contribution in [-0.4, -0.2) is 57.7 Å². The van der Waals surface area contributed by atoms with Crippen LogP contribution in [0, 0.1) is 5.41 Å². The molecule has 8 nitrogen and oxygen atoms in total. The molecule has 0 aromatic heterocycles. The average molecular weight is 360 g/mol. The van der Waals surface area contributed by atoms with E-state index in [1.54, 1.807) is 0 Å². The van der Waals surface area contributed by atoms with Crippen molar-refractivity contribution in [2.24, 2.45) is 5.41 Å². The van der Waals surface area contributed by atoms with Gasteiger partial charge in [0.1, 0.15) is 6.61 Å². The molecule has 13 heteroatoms. The van der Waals surface area contributed by atoms with Crippen LogP contribution in [-0.2, 0) is 29.4 Å². The topological polar surface area (TPSA) is 127 Å². The summed E-state index contributed by atoms with van der Waals surface area (Å²) in [7, 11) is -9.26. The SMILES string of the molecule is CC(CCS(=O)(=O)O)(COCC(F)(F)F)COS(=O)(=O)O. The Bertz CT molecular complexity index is 488. The lowest BCUT2D eigenvalue weighted by atomic mass is 9.90. The average Bonchev–Trinajstić information content (AvgIpc) is 2.20. The van der Waals surface area contributed by atoms with Crippen molar-refractivity contribution in [2.75, 3.05) is 25.6 Å². The zero-order chi connectivity index (χ0) is 16.9. The number of rotatable bonds is 9. The van der Waals surface area contributed by atoms with Gasteiger partial charge in [0.2, 0.25) is 0 Å². The van der Waals surface area contributed by atoms with E-state index >= 15 is 0 Å². The summed E-state index contributed by atoms with van der Waals surface area (Å²) in [6, 6.07) is 0. The zero-order valence-corrected chi connectivity index (χ0v) is 12.5. The first-order valence-corrected chi connectivity index (χ1v) is 8.31. The maximum atomic E-state index is 12.0. The molecule has 0 fully saturated rings. The molecular weight excluding hydrogens is 345 g/mol. The van der Waals surface area contributed by atoms with Gasteiger partial charge in [-0.2, -0.15) is 30.0 Å². The molecule has 0 aliphatic carbocycles. The van der Waals surface area contributed by atoms with Crippen LogP contribution < -0.4 is 0 Å². The highest BCUT2D eigenvalue weighted by Gasteiger charge is 2.33. The molecule has 0 saturated heterocycles. The third-order valence-corrected chi connectivity index (χ3v) is 3.37. The number of hydrogen-bond acceptors (Lipinski definition) is 6. The van der Waals surface area contributed by atoms with E-state index in [4.69, 9.17) is 9.11 Å². The summed E-state index contributed by atoms with van der Waals surface area (Å²) in [6.07, 6.45) is -5.06. The van der Waals surface area contributed by atoms with Gasteiger partial charge in [-0.25, -0.2) is 4.18 Å². The van der Waals surface area contributed by atoms with Crippen LogP contribution in [0.3, 0.4) is 0 Å². The lowest BCUT2D eigenvalue weighted by Gasteiger charge is -2.28. The largest absolute Gasteiger partial charge is 0.411 e. The van der Waals surface area contributed by atoms with Gasteiger partial charge in [0.15, 0.2) is 0 Å². The van der Waals surface area contributed by atoms with E-state index in [2.05, 4.69) is 8.92 Å².